The summed E-state index contributed by atoms with van der Waals surface area (Å²) in [6.07, 6.45) is 5.39. The summed E-state index contributed by atoms with van der Waals surface area (Å²) in [7, 11) is 1.31. The fourth-order valence-electron chi connectivity index (χ4n) is 2.34. The summed E-state index contributed by atoms with van der Waals surface area (Å²) in [4.78, 5) is 11.5. The highest BCUT2D eigenvalue weighted by atomic mass is 16.5. The molecule has 1 aromatic heterocycles. The summed E-state index contributed by atoms with van der Waals surface area (Å²) < 4.78 is 2.06. The molecule has 0 aliphatic rings. The van der Waals surface area contributed by atoms with Gasteiger partial charge >= 0.3 is 0 Å². The average Bonchev–Trinajstić information content (AvgIpc) is 2.87. The van der Waals surface area contributed by atoms with Crippen LogP contribution in [-0.2, 0) is 4.79 Å². The minimum atomic E-state index is -0.438. The van der Waals surface area contributed by atoms with Gasteiger partial charge in [0.2, 0.25) is 0 Å². The molecule has 0 radical (unpaired) electrons. The van der Waals surface area contributed by atoms with Crippen LogP contribution >= 0.6 is 0 Å². The van der Waals surface area contributed by atoms with Gasteiger partial charge in [-0.1, -0.05) is 18.2 Å². The van der Waals surface area contributed by atoms with Gasteiger partial charge in [0.05, 0.1) is 5.69 Å². The third-order valence-corrected chi connectivity index (χ3v) is 3.50. The Kier molecular flexibility index (Phi) is 4.29. The summed E-state index contributed by atoms with van der Waals surface area (Å²) in [5.41, 5.74) is 5.32. The normalized spacial score (nSPS) is 11.6. The molecule has 0 aliphatic carbocycles. The lowest BCUT2D eigenvalue weighted by Gasteiger charge is -2.10. The zero-order chi connectivity index (χ0) is 15.6. The number of carbonyl (C=O) groups excluding carboxylic acids is 1. The molecule has 1 N–H and O–H groups in total. The van der Waals surface area contributed by atoms with E-state index < -0.39 is 5.91 Å². The number of allylic oxidation sites excluding steroid dienone is 1. The van der Waals surface area contributed by atoms with Crippen LogP contribution in [0.3, 0.4) is 0 Å². The van der Waals surface area contributed by atoms with Crippen LogP contribution in [0.25, 0.3) is 11.3 Å². The van der Waals surface area contributed by atoms with Crippen LogP contribution in [0, 0.1) is 13.8 Å². The van der Waals surface area contributed by atoms with Crippen molar-refractivity contribution in [3.8, 4) is 5.69 Å². The van der Waals surface area contributed by atoms with E-state index in [4.69, 9.17) is 5.21 Å². The van der Waals surface area contributed by atoms with E-state index in [2.05, 4.69) is 30.5 Å². The average molecular weight is 284 g/mol. The Bertz CT molecular complexity index is 676. The first-order valence-corrected chi connectivity index (χ1v) is 6.80. The molecule has 0 aliphatic heterocycles. The number of hydrogen-bond donors (Lipinski definition) is 1. The van der Waals surface area contributed by atoms with E-state index in [1.54, 1.807) is 0 Å². The Labute approximate surface area is 124 Å². The summed E-state index contributed by atoms with van der Waals surface area (Å²) in [5, 5.41) is 9.68. The molecule has 0 saturated carbocycles. The van der Waals surface area contributed by atoms with E-state index in [1.165, 1.54) is 24.3 Å². The second-order valence-electron chi connectivity index (χ2n) is 5.24. The molecule has 0 spiro atoms. The highest BCUT2D eigenvalue weighted by Gasteiger charge is 2.08. The molecule has 4 heteroatoms. The maximum atomic E-state index is 11.5. The van der Waals surface area contributed by atoms with Crippen molar-refractivity contribution in [2.75, 3.05) is 7.05 Å². The molecule has 0 atom stereocenters. The van der Waals surface area contributed by atoms with Gasteiger partial charge in [-0.15, -0.1) is 0 Å². The first-order valence-electron chi connectivity index (χ1n) is 6.80. The van der Waals surface area contributed by atoms with Gasteiger partial charge in [-0.05, 0) is 49.1 Å². The van der Waals surface area contributed by atoms with Gasteiger partial charge < -0.3 is 4.57 Å². The zero-order valence-electron chi connectivity index (χ0n) is 12.8. The lowest BCUT2D eigenvalue weighted by Crippen LogP contribution is -2.20. The van der Waals surface area contributed by atoms with Crippen molar-refractivity contribution in [2.45, 2.75) is 20.8 Å². The SMILES string of the molecule is C/C(=C/C(=O)N(C)O)c1ccn(-c2c(C)cccc2C)c1. The maximum absolute atomic E-state index is 11.5. The molecule has 1 amide bonds. The summed E-state index contributed by atoms with van der Waals surface area (Å²) in [6, 6.07) is 8.16. The van der Waals surface area contributed by atoms with Gasteiger partial charge in [-0.2, -0.15) is 0 Å². The Balaban J connectivity index is 2.37. The fourth-order valence-corrected chi connectivity index (χ4v) is 2.34. The van der Waals surface area contributed by atoms with Crippen molar-refractivity contribution in [1.82, 2.24) is 9.63 Å². The highest BCUT2D eigenvalue weighted by molar-refractivity contribution is 5.94. The predicted molar refractivity (Wildman–Crippen MR) is 83.5 cm³/mol. The second kappa shape index (κ2) is 5.97. The van der Waals surface area contributed by atoms with E-state index in [0.717, 1.165) is 16.8 Å². The van der Waals surface area contributed by atoms with Crippen LogP contribution in [-0.4, -0.2) is 27.8 Å². The van der Waals surface area contributed by atoms with Gasteiger partial charge in [0.25, 0.3) is 5.91 Å². The van der Waals surface area contributed by atoms with Crippen LogP contribution in [0.1, 0.15) is 23.6 Å². The van der Waals surface area contributed by atoms with E-state index in [9.17, 15) is 4.79 Å². The minimum Gasteiger partial charge on any atom is -0.323 e. The Hall–Kier alpha value is -2.33. The quantitative estimate of drug-likeness (QED) is 0.534. The van der Waals surface area contributed by atoms with Crippen LogP contribution in [0.4, 0.5) is 0 Å². The topological polar surface area (TPSA) is 45.5 Å². The first kappa shape index (κ1) is 15.1. The number of aryl methyl sites for hydroxylation is 2. The number of hydrogen-bond acceptors (Lipinski definition) is 2. The Morgan fingerprint density at radius 3 is 2.43 bits per heavy atom. The molecular weight excluding hydrogens is 264 g/mol. The summed E-state index contributed by atoms with van der Waals surface area (Å²) >= 11 is 0. The fraction of sp³-hybridized carbons (Fsp3) is 0.235. The Morgan fingerprint density at radius 1 is 1.24 bits per heavy atom. The minimum absolute atomic E-state index is 0.438. The van der Waals surface area contributed by atoms with E-state index >= 15 is 0 Å². The first-order chi connectivity index (χ1) is 9.90. The number of para-hydroxylation sites is 1. The number of amides is 1. The number of aromatic nitrogens is 1. The molecule has 2 rings (SSSR count). The molecule has 0 unspecified atom stereocenters. The number of nitrogens with zero attached hydrogens (tertiary/aromatic N) is 2. The number of carbonyl (C=O) groups is 1. The summed E-state index contributed by atoms with van der Waals surface area (Å²) in [6.45, 7) is 6.01. The molecule has 21 heavy (non-hydrogen) atoms. The molecule has 2 aromatic rings. The number of likely N-dealkylation sites (N-methyl/N-ethyl adjacent to an activating group) is 1. The lowest BCUT2D eigenvalue weighted by molar-refractivity contribution is -0.153. The van der Waals surface area contributed by atoms with Crippen molar-refractivity contribution >= 4 is 11.5 Å². The molecule has 0 bridgehead atoms. The van der Waals surface area contributed by atoms with Crippen molar-refractivity contribution in [3.05, 3.63) is 59.4 Å². The van der Waals surface area contributed by atoms with E-state index in [1.807, 2.05) is 31.5 Å². The van der Waals surface area contributed by atoms with Crippen LogP contribution < -0.4 is 0 Å². The van der Waals surface area contributed by atoms with Crippen LogP contribution in [0.2, 0.25) is 0 Å². The van der Waals surface area contributed by atoms with E-state index in [-0.39, 0.29) is 0 Å². The second-order valence-corrected chi connectivity index (χ2v) is 5.24. The molecule has 1 aromatic carbocycles. The number of benzene rings is 1. The third-order valence-electron chi connectivity index (χ3n) is 3.50. The van der Waals surface area contributed by atoms with Crippen molar-refractivity contribution in [2.24, 2.45) is 0 Å². The van der Waals surface area contributed by atoms with Crippen LogP contribution in [0.15, 0.2) is 42.7 Å². The van der Waals surface area contributed by atoms with Crippen LogP contribution in [0.5, 0.6) is 0 Å². The standard InChI is InChI=1S/C17H20N2O2/c1-12-6-5-7-13(2)17(12)19-9-8-15(11-19)14(3)10-16(20)18(4)21/h5-11,21H,1-4H3/b14-10-. The molecule has 0 fully saturated rings. The zero-order valence-corrected chi connectivity index (χ0v) is 12.8. The van der Waals surface area contributed by atoms with Gasteiger partial charge in [0.1, 0.15) is 0 Å². The molecule has 0 saturated heterocycles. The smallest absolute Gasteiger partial charge is 0.269 e. The van der Waals surface area contributed by atoms with Gasteiger partial charge in [-0.3, -0.25) is 10.0 Å². The number of rotatable bonds is 3. The lowest BCUT2D eigenvalue weighted by atomic mass is 10.1. The summed E-state index contributed by atoms with van der Waals surface area (Å²) in [5.74, 6) is -0.438. The molecule has 110 valence electrons. The predicted octanol–water partition coefficient (Wildman–Crippen LogP) is 3.35. The maximum Gasteiger partial charge on any atom is 0.269 e. The van der Waals surface area contributed by atoms with Gasteiger partial charge in [0.15, 0.2) is 0 Å². The van der Waals surface area contributed by atoms with Gasteiger partial charge in [0, 0.05) is 25.5 Å². The molecule has 1 heterocycles. The number of hydroxylamine groups is 2. The monoisotopic (exact) mass is 284 g/mol. The van der Waals surface area contributed by atoms with Crippen molar-refractivity contribution < 1.29 is 10.0 Å². The highest BCUT2D eigenvalue weighted by Crippen LogP contribution is 2.22. The largest absolute Gasteiger partial charge is 0.323 e. The third kappa shape index (κ3) is 3.23. The van der Waals surface area contributed by atoms with Crippen molar-refractivity contribution in [1.29, 1.82) is 0 Å². The molecular formula is C17H20N2O2. The Morgan fingerprint density at radius 2 is 1.86 bits per heavy atom. The molecule has 4 nitrogen and oxygen atoms in total. The van der Waals surface area contributed by atoms with Gasteiger partial charge in [-0.25, -0.2) is 5.06 Å². The van der Waals surface area contributed by atoms with E-state index in [0.29, 0.717) is 5.06 Å². The van der Waals surface area contributed by atoms with Crippen molar-refractivity contribution in [3.63, 3.8) is 0 Å².